The van der Waals surface area contributed by atoms with Crippen molar-refractivity contribution in [3.63, 3.8) is 0 Å². The van der Waals surface area contributed by atoms with E-state index in [1.54, 1.807) is 24.7 Å². The molecule has 0 saturated carbocycles. The van der Waals surface area contributed by atoms with Crippen molar-refractivity contribution >= 4 is 27.0 Å². The molecule has 0 unspecified atom stereocenters. The van der Waals surface area contributed by atoms with Gasteiger partial charge in [-0.05, 0) is 13.8 Å². The molecule has 11 nitrogen and oxygen atoms in total. The van der Waals surface area contributed by atoms with Gasteiger partial charge in [-0.2, -0.15) is 0 Å². The molecule has 4 rings (SSSR count). The van der Waals surface area contributed by atoms with Gasteiger partial charge >= 0.3 is 0 Å². The van der Waals surface area contributed by atoms with Crippen molar-refractivity contribution < 1.29 is 22.6 Å². The minimum absolute atomic E-state index is 0.00914. The van der Waals surface area contributed by atoms with Gasteiger partial charge in [0.25, 0.3) is 0 Å². The van der Waals surface area contributed by atoms with E-state index in [0.717, 1.165) is 5.41 Å². The zero-order chi connectivity index (χ0) is 19.4. The third kappa shape index (κ3) is 3.19. The van der Waals surface area contributed by atoms with Crippen LogP contribution in [0.25, 0.3) is 11.2 Å². The molecule has 2 fully saturated rings. The Labute approximate surface area is 155 Å². The summed E-state index contributed by atoms with van der Waals surface area (Å²) in [6, 6.07) is 0. The third-order valence-corrected chi connectivity index (χ3v) is 5.50. The second kappa shape index (κ2) is 6.21. The summed E-state index contributed by atoms with van der Waals surface area (Å²) in [7, 11) is -3.59. The third-order valence-electron chi connectivity index (χ3n) is 4.49. The lowest BCUT2D eigenvalue weighted by Crippen LogP contribution is -2.39. The second-order valence-corrected chi connectivity index (χ2v) is 8.48. The monoisotopic (exact) mass is 396 g/mol. The molecule has 2 aliphatic rings. The lowest BCUT2D eigenvalue weighted by atomic mass is 10.1. The van der Waals surface area contributed by atoms with Crippen LogP contribution in [0.1, 0.15) is 20.1 Å². The molecular weight excluding hydrogens is 376 g/mol. The number of rotatable bonds is 5. The predicted octanol–water partition coefficient (Wildman–Crippen LogP) is -0.111. The Bertz CT molecular complexity index is 990. The number of fused-ring (bicyclic) bond motifs is 2. The number of nitrogens with zero attached hydrogens (tertiary/aromatic N) is 4. The summed E-state index contributed by atoms with van der Waals surface area (Å²) in [6.07, 6.45) is 0.736. The summed E-state index contributed by atoms with van der Waals surface area (Å²) in [4.78, 5) is 12.4. The minimum Gasteiger partial charge on any atom is -0.382 e. The van der Waals surface area contributed by atoms with Crippen molar-refractivity contribution in [1.29, 1.82) is 0 Å². The topological polar surface area (TPSA) is 143 Å². The van der Waals surface area contributed by atoms with Crippen LogP contribution in [0.4, 0.5) is 5.82 Å². The van der Waals surface area contributed by atoms with Crippen LogP contribution in [0.5, 0.6) is 0 Å². The van der Waals surface area contributed by atoms with Gasteiger partial charge < -0.3 is 19.9 Å². The number of nitrogens with two attached hydrogens (primary N) is 1. The number of aromatic nitrogens is 4. The Hall–Kier alpha value is -2.12. The molecular formula is C15H20N6O5S. The highest BCUT2D eigenvalue weighted by Gasteiger charge is 2.56. The van der Waals surface area contributed by atoms with Gasteiger partial charge in [0, 0.05) is 12.0 Å². The lowest BCUT2D eigenvalue weighted by molar-refractivity contribution is -0.195. The first-order valence-electron chi connectivity index (χ1n) is 8.27. The molecule has 146 valence electrons. The molecule has 27 heavy (non-hydrogen) atoms. The van der Waals surface area contributed by atoms with E-state index in [1.165, 1.54) is 6.33 Å². The molecule has 12 heteroatoms. The maximum absolute atomic E-state index is 11.7. The number of ether oxygens (including phenoxy) is 3. The van der Waals surface area contributed by atoms with E-state index in [0.29, 0.717) is 11.2 Å². The zero-order valence-corrected chi connectivity index (χ0v) is 15.6. The molecule has 2 aromatic rings. The van der Waals surface area contributed by atoms with Crippen LogP contribution < -0.4 is 10.5 Å². The lowest BCUT2D eigenvalue weighted by Gasteiger charge is -2.24. The number of hydrogen-bond donors (Lipinski definition) is 2. The van der Waals surface area contributed by atoms with E-state index < -0.39 is 40.4 Å². The van der Waals surface area contributed by atoms with Gasteiger partial charge in [0.2, 0.25) is 10.0 Å². The Balaban J connectivity index is 1.66. The van der Waals surface area contributed by atoms with Gasteiger partial charge in [0.05, 0.1) is 6.33 Å². The summed E-state index contributed by atoms with van der Waals surface area (Å²) in [5.41, 5.74) is 6.79. The normalized spacial score (nSPS) is 29.9. The fourth-order valence-corrected chi connectivity index (χ4v) is 3.88. The molecule has 0 aromatic carbocycles. The number of imidazole rings is 1. The molecule has 0 amide bonds. The maximum atomic E-state index is 11.7. The Morgan fingerprint density at radius 2 is 2.07 bits per heavy atom. The smallest absolute Gasteiger partial charge is 0.233 e. The van der Waals surface area contributed by atoms with Crippen molar-refractivity contribution in [3.05, 3.63) is 24.6 Å². The van der Waals surface area contributed by atoms with Crippen molar-refractivity contribution in [2.45, 2.75) is 44.2 Å². The minimum atomic E-state index is -3.59. The van der Waals surface area contributed by atoms with E-state index in [1.807, 2.05) is 0 Å². The predicted molar refractivity (Wildman–Crippen MR) is 94.6 cm³/mol. The summed E-state index contributed by atoms with van der Waals surface area (Å²) in [5.74, 6) is -0.579. The van der Waals surface area contributed by atoms with E-state index in [2.05, 4.69) is 26.3 Å². The molecule has 0 radical (unpaired) electrons. The number of anilines is 1. The molecule has 0 aliphatic carbocycles. The molecule has 2 aliphatic heterocycles. The van der Waals surface area contributed by atoms with Crippen LogP contribution in [0, 0.1) is 0 Å². The molecule has 0 spiro atoms. The van der Waals surface area contributed by atoms with Crippen molar-refractivity contribution in [1.82, 2.24) is 24.2 Å². The molecule has 2 aromatic heterocycles. The highest BCUT2D eigenvalue weighted by atomic mass is 32.2. The first kappa shape index (κ1) is 18.3. The van der Waals surface area contributed by atoms with Crippen molar-refractivity contribution in [2.75, 3.05) is 12.3 Å². The van der Waals surface area contributed by atoms with Crippen LogP contribution in [-0.4, -0.2) is 58.6 Å². The van der Waals surface area contributed by atoms with E-state index in [4.69, 9.17) is 19.9 Å². The van der Waals surface area contributed by atoms with Crippen LogP contribution in [0.15, 0.2) is 24.6 Å². The SMILES string of the molecule is C=CS(=O)(=O)NC[C@H]1O[C@@H](n2cnc3c(N)ncnc32)[C@@H]2OC(C)(C)O[C@@H]21. The highest BCUT2D eigenvalue weighted by Crippen LogP contribution is 2.43. The van der Waals surface area contributed by atoms with Crippen molar-refractivity contribution in [3.8, 4) is 0 Å². The largest absolute Gasteiger partial charge is 0.382 e. The van der Waals surface area contributed by atoms with Crippen LogP contribution in [0.2, 0.25) is 0 Å². The molecule has 4 heterocycles. The quantitative estimate of drug-likeness (QED) is 0.707. The summed E-state index contributed by atoms with van der Waals surface area (Å²) in [5, 5.41) is 0.843. The van der Waals surface area contributed by atoms with Gasteiger partial charge in [-0.1, -0.05) is 6.58 Å². The maximum Gasteiger partial charge on any atom is 0.233 e. The first-order chi connectivity index (χ1) is 12.7. The van der Waals surface area contributed by atoms with E-state index in [9.17, 15) is 8.42 Å². The van der Waals surface area contributed by atoms with Gasteiger partial charge in [0.1, 0.15) is 30.2 Å². The Kier molecular flexibility index (Phi) is 4.20. The van der Waals surface area contributed by atoms with Crippen LogP contribution in [0.3, 0.4) is 0 Å². The number of hydrogen-bond acceptors (Lipinski definition) is 9. The fourth-order valence-electron chi connectivity index (χ4n) is 3.36. The first-order valence-corrected chi connectivity index (χ1v) is 9.81. The number of nitrogens with one attached hydrogen (secondary N) is 1. The average molecular weight is 396 g/mol. The van der Waals surface area contributed by atoms with Crippen LogP contribution >= 0.6 is 0 Å². The van der Waals surface area contributed by atoms with Gasteiger partial charge in [-0.3, -0.25) is 4.57 Å². The Morgan fingerprint density at radius 3 is 2.81 bits per heavy atom. The van der Waals surface area contributed by atoms with E-state index in [-0.39, 0.29) is 12.4 Å². The van der Waals surface area contributed by atoms with E-state index >= 15 is 0 Å². The molecule has 3 N–H and O–H groups in total. The van der Waals surface area contributed by atoms with Gasteiger partial charge in [0.15, 0.2) is 23.5 Å². The molecule has 4 atom stereocenters. The summed E-state index contributed by atoms with van der Waals surface area (Å²) in [6.45, 7) is 6.87. The number of nitrogen functional groups attached to an aromatic ring is 1. The van der Waals surface area contributed by atoms with Gasteiger partial charge in [-0.25, -0.2) is 28.1 Å². The summed E-state index contributed by atoms with van der Waals surface area (Å²) >= 11 is 0. The Morgan fingerprint density at radius 1 is 1.33 bits per heavy atom. The second-order valence-electron chi connectivity index (χ2n) is 6.77. The molecule has 0 bridgehead atoms. The highest BCUT2D eigenvalue weighted by molar-refractivity contribution is 7.92. The zero-order valence-electron chi connectivity index (χ0n) is 14.8. The summed E-state index contributed by atoms with van der Waals surface area (Å²) < 4.78 is 45.5. The molecule has 2 saturated heterocycles. The fraction of sp³-hybridized carbons (Fsp3) is 0.533. The standard InChI is InChI=1S/C15H20N6O5S/c1-4-27(22,23)20-5-8-10-11(26-15(2,3)25-10)14(24-8)21-7-19-9-12(16)17-6-18-13(9)21/h4,6-8,10-11,14,20H,1,5H2,2-3H3,(H2,16,17,18)/t8-,10-,11-,14-/m1/s1. The van der Waals surface area contributed by atoms with Crippen LogP contribution in [-0.2, 0) is 24.2 Å². The number of sulfonamides is 1. The van der Waals surface area contributed by atoms with Crippen molar-refractivity contribution in [2.24, 2.45) is 0 Å². The average Bonchev–Trinajstić information content (AvgIpc) is 3.25. The van der Waals surface area contributed by atoms with Gasteiger partial charge in [-0.15, -0.1) is 0 Å².